The molecule has 1 atom stereocenters. The molecule has 2 aromatic carbocycles. The van der Waals surface area contributed by atoms with Crippen molar-refractivity contribution in [1.82, 2.24) is 0 Å². The summed E-state index contributed by atoms with van der Waals surface area (Å²) in [5.74, 6) is 0. The zero-order chi connectivity index (χ0) is 15.1. The molecule has 1 unspecified atom stereocenters. The number of hydrogen-bond acceptors (Lipinski definition) is 1. The van der Waals surface area contributed by atoms with E-state index in [1.54, 1.807) is 0 Å². The highest BCUT2D eigenvalue weighted by atomic mass is 14.8. The van der Waals surface area contributed by atoms with Gasteiger partial charge in [-0.15, -0.1) is 0 Å². The zero-order valence-electron chi connectivity index (χ0n) is 13.3. The molecule has 1 aliphatic rings. The van der Waals surface area contributed by atoms with Crippen LogP contribution in [0.25, 0.3) is 0 Å². The summed E-state index contributed by atoms with van der Waals surface area (Å²) in [7, 11) is 0. The van der Waals surface area contributed by atoms with Gasteiger partial charge in [-0.3, -0.25) is 0 Å². The third-order valence-corrected chi connectivity index (χ3v) is 4.73. The van der Waals surface area contributed by atoms with E-state index in [0.717, 1.165) is 19.3 Å². The third-order valence-electron chi connectivity index (χ3n) is 4.73. The first-order chi connectivity index (χ1) is 9.88. The van der Waals surface area contributed by atoms with E-state index in [9.17, 15) is 0 Å². The molecule has 21 heavy (non-hydrogen) atoms. The predicted octanol–water partition coefficient (Wildman–Crippen LogP) is 4.33. The van der Waals surface area contributed by atoms with Crippen LogP contribution in [0.3, 0.4) is 0 Å². The molecule has 2 aromatic rings. The Hall–Kier alpha value is -1.60. The molecule has 0 aliphatic heterocycles. The van der Waals surface area contributed by atoms with Gasteiger partial charge in [0.1, 0.15) is 0 Å². The van der Waals surface area contributed by atoms with E-state index in [1.807, 2.05) is 0 Å². The minimum absolute atomic E-state index is 0.195. The topological polar surface area (TPSA) is 26.0 Å². The normalized spacial score (nSPS) is 21.3. The van der Waals surface area contributed by atoms with Crippen molar-refractivity contribution in [3.8, 4) is 0 Å². The van der Waals surface area contributed by atoms with Crippen LogP contribution in [0.1, 0.15) is 49.4 Å². The number of fused-ring (bicyclic) bond motifs is 1. The van der Waals surface area contributed by atoms with E-state index < -0.39 is 0 Å². The Kier molecular flexibility index (Phi) is 3.41. The molecule has 0 saturated carbocycles. The van der Waals surface area contributed by atoms with Crippen molar-refractivity contribution in [2.24, 2.45) is 5.73 Å². The molecule has 1 heteroatoms. The minimum atomic E-state index is -0.195. The molecule has 0 fully saturated rings. The van der Waals surface area contributed by atoms with Gasteiger partial charge in [-0.05, 0) is 46.9 Å². The fourth-order valence-corrected chi connectivity index (χ4v) is 3.39. The Morgan fingerprint density at radius 2 is 1.67 bits per heavy atom. The maximum atomic E-state index is 6.73. The quantitative estimate of drug-likeness (QED) is 0.870. The van der Waals surface area contributed by atoms with Crippen LogP contribution in [0.2, 0.25) is 0 Å². The number of hydrogen-bond donors (Lipinski definition) is 1. The number of benzene rings is 2. The Labute approximate surface area is 128 Å². The second kappa shape index (κ2) is 4.99. The van der Waals surface area contributed by atoms with Crippen LogP contribution >= 0.6 is 0 Å². The van der Waals surface area contributed by atoms with Gasteiger partial charge in [0, 0.05) is 5.54 Å². The lowest BCUT2D eigenvalue weighted by Gasteiger charge is -2.26. The van der Waals surface area contributed by atoms with Crippen molar-refractivity contribution >= 4 is 0 Å². The largest absolute Gasteiger partial charge is 0.321 e. The standard InChI is InChI=1S/C20H25N/c1-19(2,3)17-10-8-15(9-11-17)14-20(21)13-12-16-6-4-5-7-18(16)20/h4-11H,12-14,21H2,1-3H3. The first kappa shape index (κ1) is 14.3. The van der Waals surface area contributed by atoms with Crippen LogP contribution in [0.4, 0.5) is 0 Å². The van der Waals surface area contributed by atoms with Gasteiger partial charge < -0.3 is 5.73 Å². The molecular weight excluding hydrogens is 254 g/mol. The van der Waals surface area contributed by atoms with Gasteiger partial charge in [-0.2, -0.15) is 0 Å². The number of aryl methyl sites for hydroxylation is 1. The molecule has 3 rings (SSSR count). The van der Waals surface area contributed by atoms with Crippen LogP contribution < -0.4 is 5.73 Å². The highest BCUT2D eigenvalue weighted by molar-refractivity contribution is 5.40. The predicted molar refractivity (Wildman–Crippen MR) is 89.5 cm³/mol. The molecule has 1 nitrogen and oxygen atoms in total. The molecule has 0 aromatic heterocycles. The fourth-order valence-electron chi connectivity index (χ4n) is 3.39. The number of rotatable bonds is 2. The van der Waals surface area contributed by atoms with E-state index >= 15 is 0 Å². The van der Waals surface area contributed by atoms with Crippen LogP contribution in [0.15, 0.2) is 48.5 Å². The van der Waals surface area contributed by atoms with E-state index in [0.29, 0.717) is 0 Å². The SMILES string of the molecule is CC(C)(C)c1ccc(CC2(N)CCc3ccccc32)cc1. The molecule has 0 bridgehead atoms. The van der Waals surface area contributed by atoms with Gasteiger partial charge in [0.05, 0.1) is 0 Å². The minimum Gasteiger partial charge on any atom is -0.321 e. The molecule has 110 valence electrons. The molecule has 2 N–H and O–H groups in total. The molecule has 1 aliphatic carbocycles. The van der Waals surface area contributed by atoms with Crippen LogP contribution in [0, 0.1) is 0 Å². The van der Waals surface area contributed by atoms with Gasteiger partial charge in [-0.25, -0.2) is 0 Å². The zero-order valence-corrected chi connectivity index (χ0v) is 13.3. The summed E-state index contributed by atoms with van der Waals surface area (Å²) in [4.78, 5) is 0. The van der Waals surface area contributed by atoms with Crippen molar-refractivity contribution in [1.29, 1.82) is 0 Å². The van der Waals surface area contributed by atoms with Gasteiger partial charge in [0.25, 0.3) is 0 Å². The lowest BCUT2D eigenvalue weighted by atomic mass is 9.83. The molecule has 0 heterocycles. The average Bonchev–Trinajstić information content (AvgIpc) is 2.77. The smallest absolute Gasteiger partial charge is 0.0456 e. The summed E-state index contributed by atoms with van der Waals surface area (Å²) < 4.78 is 0. The van der Waals surface area contributed by atoms with Gasteiger partial charge in [0.2, 0.25) is 0 Å². The summed E-state index contributed by atoms with van der Waals surface area (Å²) in [5.41, 5.74) is 12.2. The Balaban J connectivity index is 1.84. The van der Waals surface area contributed by atoms with Crippen molar-refractivity contribution in [3.05, 3.63) is 70.8 Å². The van der Waals surface area contributed by atoms with Crippen LogP contribution in [-0.2, 0) is 23.8 Å². The Morgan fingerprint density at radius 1 is 1.00 bits per heavy atom. The van der Waals surface area contributed by atoms with Gasteiger partial charge in [-0.1, -0.05) is 69.3 Å². The summed E-state index contributed by atoms with van der Waals surface area (Å²) in [6.07, 6.45) is 3.08. The van der Waals surface area contributed by atoms with Crippen molar-refractivity contribution in [3.63, 3.8) is 0 Å². The summed E-state index contributed by atoms with van der Waals surface area (Å²) in [5, 5.41) is 0. The van der Waals surface area contributed by atoms with E-state index in [2.05, 4.69) is 69.3 Å². The molecule has 0 spiro atoms. The van der Waals surface area contributed by atoms with E-state index in [1.165, 1.54) is 22.3 Å². The first-order valence-electron chi connectivity index (χ1n) is 7.85. The Bertz CT molecular complexity index is 634. The Morgan fingerprint density at radius 3 is 2.33 bits per heavy atom. The maximum Gasteiger partial charge on any atom is 0.0456 e. The second-order valence-corrected chi connectivity index (χ2v) is 7.44. The molecule has 0 radical (unpaired) electrons. The second-order valence-electron chi connectivity index (χ2n) is 7.44. The van der Waals surface area contributed by atoms with Gasteiger partial charge in [0.15, 0.2) is 0 Å². The summed E-state index contributed by atoms with van der Waals surface area (Å²) >= 11 is 0. The summed E-state index contributed by atoms with van der Waals surface area (Å²) in [6, 6.07) is 17.6. The monoisotopic (exact) mass is 279 g/mol. The van der Waals surface area contributed by atoms with Crippen LogP contribution in [-0.4, -0.2) is 0 Å². The maximum absolute atomic E-state index is 6.73. The first-order valence-corrected chi connectivity index (χ1v) is 7.85. The van der Waals surface area contributed by atoms with Crippen molar-refractivity contribution in [2.75, 3.05) is 0 Å². The highest BCUT2D eigenvalue weighted by Gasteiger charge is 2.34. The lowest BCUT2D eigenvalue weighted by Crippen LogP contribution is -2.36. The highest BCUT2D eigenvalue weighted by Crippen LogP contribution is 2.37. The molecule has 0 saturated heterocycles. The van der Waals surface area contributed by atoms with Gasteiger partial charge >= 0.3 is 0 Å². The van der Waals surface area contributed by atoms with Crippen molar-refractivity contribution in [2.45, 2.75) is 51.0 Å². The molecule has 0 amide bonds. The molecular formula is C20H25N. The summed E-state index contributed by atoms with van der Waals surface area (Å²) in [6.45, 7) is 6.75. The fraction of sp³-hybridized carbons (Fsp3) is 0.400. The van der Waals surface area contributed by atoms with Crippen LogP contribution in [0.5, 0.6) is 0 Å². The third kappa shape index (κ3) is 2.75. The van der Waals surface area contributed by atoms with Crippen molar-refractivity contribution < 1.29 is 0 Å². The number of nitrogens with two attached hydrogens (primary N) is 1. The average molecular weight is 279 g/mol. The lowest BCUT2D eigenvalue weighted by molar-refractivity contribution is 0.439. The van der Waals surface area contributed by atoms with E-state index in [-0.39, 0.29) is 11.0 Å². The van der Waals surface area contributed by atoms with E-state index in [4.69, 9.17) is 5.73 Å².